The van der Waals surface area contributed by atoms with E-state index in [4.69, 9.17) is 11.6 Å². The summed E-state index contributed by atoms with van der Waals surface area (Å²) in [5.41, 5.74) is 2.26. The molecule has 0 amide bonds. The van der Waals surface area contributed by atoms with Gasteiger partial charge >= 0.3 is 0 Å². The molecule has 118 valence electrons. The van der Waals surface area contributed by atoms with E-state index in [0.717, 1.165) is 42.8 Å². The summed E-state index contributed by atoms with van der Waals surface area (Å²) in [5.74, 6) is 0. The molecule has 0 aliphatic heterocycles. The van der Waals surface area contributed by atoms with E-state index in [1.807, 2.05) is 35.1 Å². The lowest BCUT2D eigenvalue weighted by atomic mass is 9.93. The van der Waals surface area contributed by atoms with Crippen molar-refractivity contribution in [2.24, 2.45) is 0 Å². The van der Waals surface area contributed by atoms with Gasteiger partial charge in [0.1, 0.15) is 0 Å². The van der Waals surface area contributed by atoms with Gasteiger partial charge in [-0.25, -0.2) is 0 Å². The van der Waals surface area contributed by atoms with E-state index >= 15 is 0 Å². The number of hydrogen-bond donors (Lipinski definition) is 2. The molecular weight excluding hydrogens is 298 g/mol. The molecule has 1 fully saturated rings. The quantitative estimate of drug-likeness (QED) is 0.891. The lowest BCUT2D eigenvalue weighted by Gasteiger charge is -2.26. The Morgan fingerprint density at radius 3 is 2.77 bits per heavy atom. The van der Waals surface area contributed by atoms with Crippen molar-refractivity contribution >= 4 is 11.6 Å². The third kappa shape index (κ3) is 4.09. The van der Waals surface area contributed by atoms with Crippen LogP contribution in [0.5, 0.6) is 0 Å². The zero-order valence-electron chi connectivity index (χ0n) is 12.6. The second kappa shape index (κ2) is 7.27. The molecule has 0 spiro atoms. The lowest BCUT2D eigenvalue weighted by molar-refractivity contribution is 0.116. The predicted octanol–water partition coefficient (Wildman–Crippen LogP) is 2.98. The molecule has 1 aromatic heterocycles. The zero-order valence-corrected chi connectivity index (χ0v) is 13.3. The Hall–Kier alpha value is -1.36. The van der Waals surface area contributed by atoms with E-state index in [-0.39, 0.29) is 6.10 Å². The van der Waals surface area contributed by atoms with E-state index < -0.39 is 0 Å². The number of benzene rings is 1. The van der Waals surface area contributed by atoms with Crippen LogP contribution in [0.25, 0.3) is 0 Å². The number of aliphatic hydroxyl groups is 1. The first-order chi connectivity index (χ1) is 10.7. The van der Waals surface area contributed by atoms with Crippen LogP contribution in [-0.4, -0.2) is 27.0 Å². The highest BCUT2D eigenvalue weighted by Gasteiger charge is 2.18. The summed E-state index contributed by atoms with van der Waals surface area (Å²) >= 11 is 6.18. The van der Waals surface area contributed by atoms with Gasteiger partial charge in [0.25, 0.3) is 0 Å². The minimum absolute atomic E-state index is 0.101. The first kappa shape index (κ1) is 15.5. The molecule has 0 unspecified atom stereocenters. The maximum Gasteiger partial charge on any atom is 0.0674 e. The van der Waals surface area contributed by atoms with Crippen LogP contribution >= 0.6 is 11.6 Å². The Morgan fingerprint density at radius 2 is 2.00 bits per heavy atom. The van der Waals surface area contributed by atoms with Crippen molar-refractivity contribution in [3.05, 3.63) is 52.8 Å². The largest absolute Gasteiger partial charge is 0.393 e. The van der Waals surface area contributed by atoms with E-state index in [2.05, 4.69) is 16.6 Å². The lowest BCUT2D eigenvalue weighted by Crippen LogP contribution is -2.34. The second-order valence-corrected chi connectivity index (χ2v) is 6.43. The third-order valence-corrected chi connectivity index (χ3v) is 4.64. The molecule has 5 heteroatoms. The van der Waals surface area contributed by atoms with Gasteiger partial charge in [-0.15, -0.1) is 0 Å². The number of nitrogens with zero attached hydrogens (tertiary/aromatic N) is 2. The molecule has 1 aromatic carbocycles. The van der Waals surface area contributed by atoms with Crippen LogP contribution in [0.3, 0.4) is 0 Å². The SMILES string of the molecule is OC1CCC(NCc2cnn(Cc3ccccc3Cl)c2)CC1. The van der Waals surface area contributed by atoms with Crippen LogP contribution in [0.1, 0.15) is 36.8 Å². The van der Waals surface area contributed by atoms with Gasteiger partial charge in [-0.1, -0.05) is 29.8 Å². The van der Waals surface area contributed by atoms with Gasteiger partial charge < -0.3 is 10.4 Å². The monoisotopic (exact) mass is 319 g/mol. The van der Waals surface area contributed by atoms with Crippen LogP contribution in [0, 0.1) is 0 Å². The first-order valence-electron chi connectivity index (χ1n) is 7.87. The first-order valence-corrected chi connectivity index (χ1v) is 8.24. The fraction of sp³-hybridized carbons (Fsp3) is 0.471. The number of rotatable bonds is 5. The normalized spacial score (nSPS) is 21.9. The summed E-state index contributed by atoms with van der Waals surface area (Å²) in [6, 6.07) is 8.36. The highest BCUT2D eigenvalue weighted by Crippen LogP contribution is 2.19. The molecule has 2 N–H and O–H groups in total. The summed E-state index contributed by atoms with van der Waals surface area (Å²) in [7, 11) is 0. The molecule has 3 rings (SSSR count). The van der Waals surface area contributed by atoms with Crippen molar-refractivity contribution in [1.82, 2.24) is 15.1 Å². The van der Waals surface area contributed by atoms with Gasteiger partial charge in [0, 0.05) is 29.4 Å². The molecule has 0 bridgehead atoms. The molecule has 4 nitrogen and oxygen atoms in total. The van der Waals surface area contributed by atoms with Gasteiger partial charge in [-0.2, -0.15) is 5.10 Å². The molecule has 0 radical (unpaired) electrons. The second-order valence-electron chi connectivity index (χ2n) is 6.02. The molecular formula is C17H22ClN3O. The fourth-order valence-corrected chi connectivity index (χ4v) is 3.12. The molecule has 1 aliphatic rings. The molecule has 0 saturated heterocycles. The number of hydrogen-bond acceptors (Lipinski definition) is 3. The van der Waals surface area contributed by atoms with E-state index in [1.165, 1.54) is 5.56 Å². The summed E-state index contributed by atoms with van der Waals surface area (Å²) in [6.07, 6.45) is 7.78. The van der Waals surface area contributed by atoms with Crippen molar-refractivity contribution in [1.29, 1.82) is 0 Å². The molecule has 22 heavy (non-hydrogen) atoms. The Morgan fingerprint density at radius 1 is 1.23 bits per heavy atom. The van der Waals surface area contributed by atoms with Gasteiger partial charge in [0.2, 0.25) is 0 Å². The van der Waals surface area contributed by atoms with Crippen molar-refractivity contribution in [2.75, 3.05) is 0 Å². The minimum Gasteiger partial charge on any atom is -0.393 e. The van der Waals surface area contributed by atoms with Crippen LogP contribution in [0.15, 0.2) is 36.7 Å². The molecule has 1 heterocycles. The number of aromatic nitrogens is 2. The van der Waals surface area contributed by atoms with Crippen LogP contribution in [0.2, 0.25) is 5.02 Å². The molecule has 1 aliphatic carbocycles. The highest BCUT2D eigenvalue weighted by atomic mass is 35.5. The Labute approximate surface area is 136 Å². The van der Waals surface area contributed by atoms with Gasteiger partial charge in [-0.3, -0.25) is 4.68 Å². The fourth-order valence-electron chi connectivity index (χ4n) is 2.93. The van der Waals surface area contributed by atoms with Gasteiger partial charge in [0.15, 0.2) is 0 Å². The predicted molar refractivity (Wildman–Crippen MR) is 87.9 cm³/mol. The Balaban J connectivity index is 1.52. The highest BCUT2D eigenvalue weighted by molar-refractivity contribution is 6.31. The van der Waals surface area contributed by atoms with Crippen molar-refractivity contribution in [3.8, 4) is 0 Å². The number of aliphatic hydroxyl groups excluding tert-OH is 1. The third-order valence-electron chi connectivity index (χ3n) is 4.27. The van der Waals surface area contributed by atoms with Crippen molar-refractivity contribution in [2.45, 2.75) is 50.9 Å². The smallest absolute Gasteiger partial charge is 0.0674 e. The average Bonchev–Trinajstić information content (AvgIpc) is 2.97. The minimum atomic E-state index is -0.101. The average molecular weight is 320 g/mol. The van der Waals surface area contributed by atoms with Crippen molar-refractivity contribution < 1.29 is 5.11 Å². The zero-order chi connectivity index (χ0) is 15.4. The number of nitrogens with one attached hydrogen (secondary N) is 1. The van der Waals surface area contributed by atoms with E-state index in [0.29, 0.717) is 12.6 Å². The summed E-state index contributed by atoms with van der Waals surface area (Å²) < 4.78 is 1.92. The molecule has 0 atom stereocenters. The van der Waals surface area contributed by atoms with Crippen molar-refractivity contribution in [3.63, 3.8) is 0 Å². The summed E-state index contributed by atoms with van der Waals surface area (Å²) in [6.45, 7) is 1.51. The standard InChI is InChI=1S/C17H22ClN3O/c18-17-4-2-1-3-14(17)12-21-11-13(10-20-21)9-19-15-5-7-16(22)8-6-15/h1-4,10-11,15-16,19,22H,5-9,12H2. The van der Waals surface area contributed by atoms with E-state index in [1.54, 1.807) is 0 Å². The van der Waals surface area contributed by atoms with Gasteiger partial charge in [0.05, 0.1) is 18.8 Å². The van der Waals surface area contributed by atoms with Crippen LogP contribution in [0.4, 0.5) is 0 Å². The maximum absolute atomic E-state index is 9.53. The summed E-state index contributed by atoms with van der Waals surface area (Å²) in [4.78, 5) is 0. The van der Waals surface area contributed by atoms with Crippen LogP contribution in [-0.2, 0) is 13.1 Å². The Kier molecular flexibility index (Phi) is 5.13. The maximum atomic E-state index is 9.53. The van der Waals surface area contributed by atoms with E-state index in [9.17, 15) is 5.11 Å². The Bertz CT molecular complexity index is 605. The summed E-state index contributed by atoms with van der Waals surface area (Å²) in [5, 5.41) is 18.3. The molecule has 2 aromatic rings. The molecule has 1 saturated carbocycles. The van der Waals surface area contributed by atoms with Crippen LogP contribution < -0.4 is 5.32 Å². The topological polar surface area (TPSA) is 50.1 Å². The van der Waals surface area contributed by atoms with Gasteiger partial charge in [-0.05, 0) is 37.3 Å². The number of halogens is 1.